The lowest BCUT2D eigenvalue weighted by Gasteiger charge is -2.51. The van der Waals surface area contributed by atoms with Crippen molar-refractivity contribution in [1.29, 1.82) is 0 Å². The fraction of sp³-hybridized carbons (Fsp3) is 1.00. The first-order chi connectivity index (χ1) is 13.4. The molecule has 28 heavy (non-hydrogen) atoms. The van der Waals surface area contributed by atoms with E-state index >= 15 is 0 Å². The molecule has 0 aromatic carbocycles. The molecule has 0 aromatic heterocycles. The van der Waals surface area contributed by atoms with E-state index in [0.717, 1.165) is 38.3 Å². The Morgan fingerprint density at radius 1 is 0.786 bits per heavy atom. The van der Waals surface area contributed by atoms with Gasteiger partial charge in [0.1, 0.15) is 0 Å². The first-order valence-electron chi connectivity index (χ1n) is 11.9. The van der Waals surface area contributed by atoms with Crippen LogP contribution in [0.2, 0.25) is 0 Å². The lowest BCUT2D eigenvalue weighted by atomic mass is 9.92. The molecule has 2 atom stereocenters. The Hall–Kier alpha value is -0.200. The highest BCUT2D eigenvalue weighted by atomic mass is 16.5. The molecule has 0 aliphatic carbocycles. The van der Waals surface area contributed by atoms with Gasteiger partial charge in [-0.05, 0) is 79.3 Å². The van der Waals surface area contributed by atoms with Crippen LogP contribution < -0.4 is 0 Å². The SMILES string of the molecule is CC(C)N1CCCC(CC(C)N2CCN(C(C)(C)N3CCOCC3)CC2)CC1. The van der Waals surface area contributed by atoms with E-state index in [1.54, 1.807) is 0 Å². The Labute approximate surface area is 174 Å². The number of likely N-dealkylation sites (tertiary alicyclic amines) is 1. The van der Waals surface area contributed by atoms with E-state index in [2.05, 4.69) is 54.2 Å². The van der Waals surface area contributed by atoms with Gasteiger partial charge in [0, 0.05) is 51.4 Å². The molecule has 0 aromatic rings. The van der Waals surface area contributed by atoms with E-state index in [1.165, 1.54) is 65.0 Å². The third-order valence-corrected chi connectivity index (χ3v) is 7.78. The molecule has 3 aliphatic heterocycles. The van der Waals surface area contributed by atoms with Gasteiger partial charge in [0.2, 0.25) is 0 Å². The zero-order chi connectivity index (χ0) is 20.1. The van der Waals surface area contributed by atoms with Gasteiger partial charge in [-0.25, -0.2) is 0 Å². The van der Waals surface area contributed by atoms with Gasteiger partial charge < -0.3 is 9.64 Å². The maximum absolute atomic E-state index is 5.56. The predicted molar refractivity (Wildman–Crippen MR) is 118 cm³/mol. The average Bonchev–Trinajstić information content (AvgIpc) is 2.94. The maximum Gasteiger partial charge on any atom is 0.0682 e. The van der Waals surface area contributed by atoms with Crippen LogP contribution in [0.1, 0.15) is 60.3 Å². The minimum atomic E-state index is 0.153. The second kappa shape index (κ2) is 10.2. The highest BCUT2D eigenvalue weighted by Crippen LogP contribution is 2.27. The standard InChI is InChI=1S/C23H46N4O/c1-20(2)24-9-6-7-22(8-10-24)19-21(3)25-11-13-26(14-12-25)23(4,5)27-15-17-28-18-16-27/h20-22H,6-19H2,1-5H3. The van der Waals surface area contributed by atoms with Crippen molar-refractivity contribution in [2.75, 3.05) is 65.6 Å². The summed E-state index contributed by atoms with van der Waals surface area (Å²) in [6, 6.07) is 1.43. The zero-order valence-corrected chi connectivity index (χ0v) is 19.3. The number of hydrogen-bond acceptors (Lipinski definition) is 5. The molecule has 3 saturated heterocycles. The molecule has 0 bridgehead atoms. The van der Waals surface area contributed by atoms with Gasteiger partial charge in [-0.2, -0.15) is 0 Å². The van der Waals surface area contributed by atoms with Crippen LogP contribution in [0.3, 0.4) is 0 Å². The number of nitrogens with zero attached hydrogens (tertiary/aromatic N) is 4. The van der Waals surface area contributed by atoms with E-state index in [0.29, 0.717) is 6.04 Å². The van der Waals surface area contributed by atoms with Crippen LogP contribution in [-0.2, 0) is 4.74 Å². The van der Waals surface area contributed by atoms with Crippen molar-refractivity contribution in [2.24, 2.45) is 5.92 Å². The van der Waals surface area contributed by atoms with Crippen LogP contribution in [0.25, 0.3) is 0 Å². The molecule has 0 amide bonds. The van der Waals surface area contributed by atoms with Gasteiger partial charge in [-0.15, -0.1) is 0 Å². The van der Waals surface area contributed by atoms with Crippen LogP contribution in [0, 0.1) is 5.92 Å². The van der Waals surface area contributed by atoms with Crippen LogP contribution in [0.15, 0.2) is 0 Å². The third-order valence-electron chi connectivity index (χ3n) is 7.78. The maximum atomic E-state index is 5.56. The summed E-state index contributed by atoms with van der Waals surface area (Å²) in [7, 11) is 0. The second-order valence-electron chi connectivity index (χ2n) is 10.1. The minimum absolute atomic E-state index is 0.153. The lowest BCUT2D eigenvalue weighted by Crippen LogP contribution is -2.64. The molecular formula is C23H46N4O. The summed E-state index contributed by atoms with van der Waals surface area (Å²) < 4.78 is 5.56. The number of ether oxygens (including phenoxy) is 1. The third kappa shape index (κ3) is 5.69. The molecule has 3 aliphatic rings. The van der Waals surface area contributed by atoms with Crippen molar-refractivity contribution >= 4 is 0 Å². The van der Waals surface area contributed by atoms with E-state index < -0.39 is 0 Å². The molecule has 3 rings (SSSR count). The molecule has 164 valence electrons. The number of morpholine rings is 1. The van der Waals surface area contributed by atoms with Crippen LogP contribution in [0.5, 0.6) is 0 Å². The smallest absolute Gasteiger partial charge is 0.0682 e. The van der Waals surface area contributed by atoms with Gasteiger partial charge in [-0.1, -0.05) is 0 Å². The highest BCUT2D eigenvalue weighted by Gasteiger charge is 2.36. The molecule has 0 N–H and O–H groups in total. The van der Waals surface area contributed by atoms with Crippen molar-refractivity contribution in [3.63, 3.8) is 0 Å². The van der Waals surface area contributed by atoms with E-state index in [9.17, 15) is 0 Å². The number of piperazine rings is 1. The average molecular weight is 395 g/mol. The van der Waals surface area contributed by atoms with Crippen LogP contribution in [-0.4, -0.2) is 103 Å². The molecule has 0 spiro atoms. The van der Waals surface area contributed by atoms with Gasteiger partial charge in [0.25, 0.3) is 0 Å². The van der Waals surface area contributed by atoms with Crippen molar-refractivity contribution in [2.45, 2.75) is 78.0 Å². The van der Waals surface area contributed by atoms with E-state index in [1.807, 2.05) is 0 Å². The molecule has 5 heteroatoms. The zero-order valence-electron chi connectivity index (χ0n) is 19.3. The van der Waals surface area contributed by atoms with Crippen molar-refractivity contribution in [1.82, 2.24) is 19.6 Å². The van der Waals surface area contributed by atoms with Crippen molar-refractivity contribution < 1.29 is 4.74 Å². The molecule has 2 unspecified atom stereocenters. The van der Waals surface area contributed by atoms with E-state index in [4.69, 9.17) is 4.74 Å². The van der Waals surface area contributed by atoms with Crippen LogP contribution in [0.4, 0.5) is 0 Å². The Morgan fingerprint density at radius 2 is 1.43 bits per heavy atom. The highest BCUT2D eigenvalue weighted by molar-refractivity contribution is 4.88. The monoisotopic (exact) mass is 394 g/mol. The fourth-order valence-electron chi connectivity index (χ4n) is 5.59. The molecule has 3 heterocycles. The second-order valence-corrected chi connectivity index (χ2v) is 10.1. The Bertz CT molecular complexity index is 456. The summed E-state index contributed by atoms with van der Waals surface area (Å²) in [5, 5.41) is 0. The van der Waals surface area contributed by atoms with Gasteiger partial charge in [-0.3, -0.25) is 14.7 Å². The van der Waals surface area contributed by atoms with Gasteiger partial charge in [0.05, 0.1) is 18.9 Å². The Balaban J connectivity index is 1.44. The molecule has 5 nitrogen and oxygen atoms in total. The Morgan fingerprint density at radius 3 is 2.07 bits per heavy atom. The van der Waals surface area contributed by atoms with Crippen molar-refractivity contribution in [3.8, 4) is 0 Å². The Kier molecular flexibility index (Phi) is 8.20. The first kappa shape index (κ1) is 22.5. The summed E-state index contributed by atoms with van der Waals surface area (Å²) in [6.07, 6.45) is 5.60. The van der Waals surface area contributed by atoms with Crippen LogP contribution >= 0.6 is 0 Å². The minimum Gasteiger partial charge on any atom is -0.379 e. The summed E-state index contributed by atoms with van der Waals surface area (Å²) in [4.78, 5) is 10.8. The van der Waals surface area contributed by atoms with Gasteiger partial charge in [0.15, 0.2) is 0 Å². The number of hydrogen-bond donors (Lipinski definition) is 0. The largest absolute Gasteiger partial charge is 0.379 e. The number of rotatable bonds is 6. The first-order valence-corrected chi connectivity index (χ1v) is 11.9. The summed E-state index contributed by atoms with van der Waals surface area (Å²) in [6.45, 7) is 23.3. The van der Waals surface area contributed by atoms with E-state index in [-0.39, 0.29) is 5.66 Å². The molecule has 0 saturated carbocycles. The molecule has 0 radical (unpaired) electrons. The molecule has 3 fully saturated rings. The summed E-state index contributed by atoms with van der Waals surface area (Å²) in [5.41, 5.74) is 0.153. The quantitative estimate of drug-likeness (QED) is 0.689. The molecular weight excluding hydrogens is 348 g/mol. The topological polar surface area (TPSA) is 22.2 Å². The summed E-state index contributed by atoms with van der Waals surface area (Å²) >= 11 is 0. The summed E-state index contributed by atoms with van der Waals surface area (Å²) in [5.74, 6) is 0.918. The lowest BCUT2D eigenvalue weighted by molar-refractivity contribution is -0.0972. The normalized spacial score (nSPS) is 29.1. The van der Waals surface area contributed by atoms with Gasteiger partial charge >= 0.3 is 0 Å². The predicted octanol–water partition coefficient (Wildman–Crippen LogP) is 2.96. The fourth-order valence-corrected chi connectivity index (χ4v) is 5.59. The van der Waals surface area contributed by atoms with Crippen molar-refractivity contribution in [3.05, 3.63) is 0 Å².